The van der Waals surface area contributed by atoms with Gasteiger partial charge in [0.25, 0.3) is 0 Å². The number of likely N-dealkylation sites (N-methyl/N-ethyl adjacent to an activating group) is 1. The molecule has 7 heteroatoms. The Balaban J connectivity index is 1.84. The topological polar surface area (TPSA) is 72.8 Å². The highest BCUT2D eigenvalue weighted by Gasteiger charge is 2.45. The predicted octanol–water partition coefficient (Wildman–Crippen LogP) is 3.40. The number of benzene rings is 2. The number of quaternary nitrogens is 1. The highest BCUT2D eigenvalue weighted by molar-refractivity contribution is 7.91. The molecule has 2 aromatic carbocycles. The molecule has 182 valence electrons. The van der Waals surface area contributed by atoms with Gasteiger partial charge in [-0.3, -0.25) is 0 Å². The molecule has 0 saturated carbocycles. The van der Waals surface area contributed by atoms with Gasteiger partial charge in [-0.1, -0.05) is 38.1 Å². The average molecular weight is 477 g/mol. The van der Waals surface area contributed by atoms with E-state index in [1.807, 2.05) is 57.2 Å². The van der Waals surface area contributed by atoms with Gasteiger partial charge in [0.15, 0.2) is 9.84 Å². The summed E-state index contributed by atoms with van der Waals surface area (Å²) >= 11 is 0. The molecular formula is C26H38NO5S+. The van der Waals surface area contributed by atoms with Crippen LogP contribution in [0.4, 0.5) is 0 Å². The van der Waals surface area contributed by atoms with Gasteiger partial charge in [-0.2, -0.15) is 0 Å². The highest BCUT2D eigenvalue weighted by Crippen LogP contribution is 2.45. The minimum Gasteiger partial charge on any atom is -0.491 e. The molecule has 2 aromatic rings. The molecule has 0 aliphatic carbocycles. The van der Waals surface area contributed by atoms with Crippen LogP contribution in [0.1, 0.15) is 36.5 Å². The molecule has 0 fully saturated rings. The van der Waals surface area contributed by atoms with Gasteiger partial charge in [0, 0.05) is 11.3 Å². The van der Waals surface area contributed by atoms with Crippen molar-refractivity contribution in [3.63, 3.8) is 0 Å². The molecule has 0 spiro atoms. The van der Waals surface area contributed by atoms with Crippen LogP contribution in [0.25, 0.3) is 0 Å². The number of nitrogens with zero attached hydrogens (tertiary/aromatic N) is 1. The quantitative estimate of drug-likeness (QED) is 0.467. The molecular weight excluding hydrogens is 438 g/mol. The largest absolute Gasteiger partial charge is 0.491 e. The molecule has 33 heavy (non-hydrogen) atoms. The van der Waals surface area contributed by atoms with Gasteiger partial charge in [-0.25, -0.2) is 8.42 Å². The minimum atomic E-state index is -3.54. The Bertz CT molecular complexity index is 1070. The summed E-state index contributed by atoms with van der Waals surface area (Å²) in [6, 6.07) is 13.0. The van der Waals surface area contributed by atoms with Gasteiger partial charge in [-0.05, 0) is 41.8 Å². The fourth-order valence-corrected chi connectivity index (χ4v) is 6.49. The van der Waals surface area contributed by atoms with E-state index in [2.05, 4.69) is 21.1 Å². The van der Waals surface area contributed by atoms with Crippen molar-refractivity contribution in [1.29, 1.82) is 0 Å². The van der Waals surface area contributed by atoms with Gasteiger partial charge in [0.1, 0.15) is 18.9 Å². The Morgan fingerprint density at radius 3 is 2.48 bits per heavy atom. The second-order valence-electron chi connectivity index (χ2n) is 10.8. The zero-order valence-electron chi connectivity index (χ0n) is 20.7. The zero-order valence-corrected chi connectivity index (χ0v) is 21.5. The van der Waals surface area contributed by atoms with Crippen molar-refractivity contribution in [2.45, 2.75) is 37.7 Å². The first kappa shape index (κ1) is 25.7. The summed E-state index contributed by atoms with van der Waals surface area (Å²) in [5, 5.41) is 11.4. The smallest absolute Gasteiger partial charge is 0.179 e. The molecule has 1 N–H and O–H groups in total. The van der Waals surface area contributed by atoms with Crippen molar-refractivity contribution in [2.24, 2.45) is 5.41 Å². The van der Waals surface area contributed by atoms with Crippen LogP contribution in [0.2, 0.25) is 0 Å². The summed E-state index contributed by atoms with van der Waals surface area (Å²) < 4.78 is 38.8. The molecule has 0 saturated heterocycles. The molecule has 3 rings (SSSR count). The lowest BCUT2D eigenvalue weighted by Crippen LogP contribution is -2.38. The van der Waals surface area contributed by atoms with Crippen molar-refractivity contribution in [3.05, 3.63) is 59.2 Å². The maximum atomic E-state index is 13.2. The Morgan fingerprint density at radius 1 is 1.06 bits per heavy atom. The molecule has 0 unspecified atom stereocenters. The van der Waals surface area contributed by atoms with E-state index in [1.165, 1.54) is 0 Å². The number of rotatable bonds is 8. The van der Waals surface area contributed by atoms with E-state index in [0.29, 0.717) is 36.0 Å². The second-order valence-corrected chi connectivity index (χ2v) is 12.7. The lowest BCUT2D eigenvalue weighted by atomic mass is 9.75. The van der Waals surface area contributed by atoms with Crippen molar-refractivity contribution in [1.82, 2.24) is 0 Å². The SMILES string of the molecule is Cc1ccc2c(c1)S(=O)(=O)CC(C)(C)[C@H](O)[C@@H]2c1cccc(OCCOCC[N+](C)(C)C)c1. The Kier molecular flexibility index (Phi) is 7.58. The van der Waals surface area contributed by atoms with Gasteiger partial charge in [-0.15, -0.1) is 0 Å². The van der Waals surface area contributed by atoms with E-state index < -0.39 is 27.3 Å². The molecule has 6 nitrogen and oxygen atoms in total. The summed E-state index contributed by atoms with van der Waals surface area (Å²) in [5.74, 6) is 0.0975. The molecule has 2 atom stereocenters. The lowest BCUT2D eigenvalue weighted by molar-refractivity contribution is -0.870. The standard InChI is InChI=1S/C26H38NO5S/c1-19-10-11-22-23(16-19)33(29,30)18-26(2,3)25(28)24(22)20-8-7-9-21(17-20)32-15-14-31-13-12-27(4,5)6/h7-11,16-17,24-25,28H,12-15,18H2,1-6H3/q+1/t24-,25-/m1/s1. The van der Waals surface area contributed by atoms with Crippen molar-refractivity contribution in [2.75, 3.05) is 53.3 Å². The van der Waals surface area contributed by atoms with E-state index in [9.17, 15) is 13.5 Å². The minimum absolute atomic E-state index is 0.102. The number of aliphatic hydroxyl groups excluding tert-OH is 1. The molecule has 0 aromatic heterocycles. The number of hydrogen-bond donors (Lipinski definition) is 1. The first-order valence-corrected chi connectivity index (χ1v) is 13.1. The number of aryl methyl sites for hydroxylation is 1. The van der Waals surface area contributed by atoms with E-state index in [0.717, 1.165) is 22.2 Å². The maximum absolute atomic E-state index is 13.2. The Morgan fingerprint density at radius 2 is 1.79 bits per heavy atom. The first-order chi connectivity index (χ1) is 15.3. The van der Waals surface area contributed by atoms with Crippen LogP contribution in [-0.2, 0) is 14.6 Å². The van der Waals surface area contributed by atoms with Crippen LogP contribution in [0, 0.1) is 12.3 Å². The summed E-state index contributed by atoms with van der Waals surface area (Å²) in [7, 11) is 2.84. The van der Waals surface area contributed by atoms with Crippen molar-refractivity contribution < 1.29 is 27.5 Å². The van der Waals surface area contributed by atoms with Crippen LogP contribution in [0.5, 0.6) is 5.75 Å². The molecule has 0 bridgehead atoms. The Hall–Kier alpha value is -1.93. The molecule has 1 aliphatic heterocycles. The average Bonchev–Trinajstić information content (AvgIpc) is 2.75. The third-order valence-corrected chi connectivity index (χ3v) is 8.29. The Labute approximate surface area is 198 Å². The van der Waals surface area contributed by atoms with Crippen LogP contribution >= 0.6 is 0 Å². The monoisotopic (exact) mass is 476 g/mol. The number of aliphatic hydroxyl groups is 1. The van der Waals surface area contributed by atoms with Gasteiger partial charge in [0.05, 0.1) is 51.1 Å². The lowest BCUT2D eigenvalue weighted by Gasteiger charge is -2.33. The third kappa shape index (κ3) is 6.35. The van der Waals surface area contributed by atoms with E-state index >= 15 is 0 Å². The summed E-state index contributed by atoms with van der Waals surface area (Å²) in [5.41, 5.74) is 1.54. The van der Waals surface area contributed by atoms with Crippen LogP contribution in [-0.4, -0.2) is 77.4 Å². The number of fused-ring (bicyclic) bond motifs is 1. The van der Waals surface area contributed by atoms with Gasteiger partial charge >= 0.3 is 0 Å². The van der Waals surface area contributed by atoms with Crippen LogP contribution < -0.4 is 4.74 Å². The predicted molar refractivity (Wildman–Crippen MR) is 131 cm³/mol. The number of ether oxygens (including phenoxy) is 2. The number of hydrogen-bond acceptors (Lipinski definition) is 5. The molecule has 1 heterocycles. The van der Waals surface area contributed by atoms with Crippen LogP contribution in [0.3, 0.4) is 0 Å². The molecule has 0 radical (unpaired) electrons. The van der Waals surface area contributed by atoms with Crippen molar-refractivity contribution in [3.8, 4) is 5.75 Å². The van der Waals surface area contributed by atoms with Crippen molar-refractivity contribution >= 4 is 9.84 Å². The number of sulfone groups is 1. The van der Waals surface area contributed by atoms with Gasteiger partial charge in [0.2, 0.25) is 0 Å². The van der Waals surface area contributed by atoms with E-state index in [4.69, 9.17) is 9.47 Å². The fourth-order valence-electron chi connectivity index (χ4n) is 4.26. The van der Waals surface area contributed by atoms with E-state index in [-0.39, 0.29) is 5.75 Å². The normalized spacial score (nSPS) is 21.8. The summed E-state index contributed by atoms with van der Waals surface area (Å²) in [6.07, 6.45) is -0.870. The highest BCUT2D eigenvalue weighted by atomic mass is 32.2. The first-order valence-electron chi connectivity index (χ1n) is 11.4. The van der Waals surface area contributed by atoms with E-state index in [1.54, 1.807) is 6.07 Å². The summed E-state index contributed by atoms with van der Waals surface area (Å²) in [4.78, 5) is 0.314. The molecule has 1 aliphatic rings. The third-order valence-electron chi connectivity index (χ3n) is 6.14. The van der Waals surface area contributed by atoms with Gasteiger partial charge < -0.3 is 19.1 Å². The van der Waals surface area contributed by atoms with Crippen LogP contribution in [0.15, 0.2) is 47.4 Å². The zero-order chi connectivity index (χ0) is 24.4. The molecule has 0 amide bonds. The summed E-state index contributed by atoms with van der Waals surface area (Å²) in [6.45, 7) is 8.01. The second kappa shape index (κ2) is 9.74. The maximum Gasteiger partial charge on any atom is 0.179 e. The fraction of sp³-hybridized carbons (Fsp3) is 0.538.